The van der Waals surface area contributed by atoms with Crippen LogP contribution < -0.4 is 4.90 Å². The fourth-order valence-electron chi connectivity index (χ4n) is 3.72. The first-order valence-electron chi connectivity index (χ1n) is 9.71. The van der Waals surface area contributed by atoms with Gasteiger partial charge in [-0.05, 0) is 49.4 Å². The van der Waals surface area contributed by atoms with Gasteiger partial charge in [0.2, 0.25) is 0 Å². The maximum atomic E-state index is 12.2. The number of benzene rings is 1. The average Bonchev–Trinajstić information content (AvgIpc) is 3.18. The van der Waals surface area contributed by atoms with Gasteiger partial charge in [-0.1, -0.05) is 18.2 Å². The molecule has 0 amide bonds. The van der Waals surface area contributed by atoms with Gasteiger partial charge in [0.15, 0.2) is 0 Å². The fourth-order valence-corrected chi connectivity index (χ4v) is 4.76. The number of hydrogen-bond donors (Lipinski definition) is 1. The summed E-state index contributed by atoms with van der Waals surface area (Å²) in [6.45, 7) is 3.22. The lowest BCUT2D eigenvalue weighted by Gasteiger charge is -2.33. The number of nitrogens with zero attached hydrogens (tertiary/aromatic N) is 2. The van der Waals surface area contributed by atoms with Crippen LogP contribution in [-0.4, -0.2) is 41.7 Å². The molecule has 7 heteroatoms. The Morgan fingerprint density at radius 2 is 2.10 bits per heavy atom. The van der Waals surface area contributed by atoms with E-state index in [-0.39, 0.29) is 17.5 Å². The van der Waals surface area contributed by atoms with Crippen LogP contribution in [0.25, 0.3) is 20.7 Å². The number of thiophene rings is 1. The van der Waals surface area contributed by atoms with Crippen LogP contribution in [-0.2, 0) is 9.53 Å². The molecule has 0 saturated carbocycles. The van der Waals surface area contributed by atoms with Crippen molar-refractivity contribution < 1.29 is 19.4 Å². The Kier molecular flexibility index (Phi) is 5.49. The van der Waals surface area contributed by atoms with E-state index >= 15 is 0 Å². The van der Waals surface area contributed by atoms with Gasteiger partial charge < -0.3 is 14.7 Å². The number of rotatable bonds is 5. The predicted molar refractivity (Wildman–Crippen MR) is 114 cm³/mol. The van der Waals surface area contributed by atoms with Gasteiger partial charge in [-0.15, -0.1) is 11.3 Å². The standard InChI is InChI=1S/C22H22N2O4S/c1-2-28-22(27)15-7-5-11-24(13-15)20-16(21(25)26)9-10-17(23-20)19-12-14-6-3-4-8-18(14)29-19/h3-4,6,8-10,12,15H,2,5,7,11,13H2,1H3,(H,25,26)/t15-/m1/s1. The zero-order chi connectivity index (χ0) is 20.4. The van der Waals surface area contributed by atoms with Crippen molar-refractivity contribution >= 4 is 39.2 Å². The smallest absolute Gasteiger partial charge is 0.339 e. The highest BCUT2D eigenvalue weighted by molar-refractivity contribution is 7.22. The van der Waals surface area contributed by atoms with Crippen LogP contribution in [0, 0.1) is 5.92 Å². The molecule has 4 rings (SSSR count). The summed E-state index contributed by atoms with van der Waals surface area (Å²) in [5.74, 6) is -1.09. The maximum absolute atomic E-state index is 12.2. The lowest BCUT2D eigenvalue weighted by atomic mass is 9.97. The van der Waals surface area contributed by atoms with E-state index in [1.54, 1.807) is 30.4 Å². The van der Waals surface area contributed by atoms with E-state index in [0.717, 1.165) is 33.5 Å². The van der Waals surface area contributed by atoms with Gasteiger partial charge in [0.1, 0.15) is 11.4 Å². The van der Waals surface area contributed by atoms with Crippen molar-refractivity contribution in [3.05, 3.63) is 48.0 Å². The van der Waals surface area contributed by atoms with Gasteiger partial charge in [-0.25, -0.2) is 9.78 Å². The minimum Gasteiger partial charge on any atom is -0.478 e. The summed E-state index contributed by atoms with van der Waals surface area (Å²) in [6, 6.07) is 13.5. The number of piperidine rings is 1. The summed E-state index contributed by atoms with van der Waals surface area (Å²) < 4.78 is 6.33. The molecule has 1 fully saturated rings. The summed E-state index contributed by atoms with van der Waals surface area (Å²) >= 11 is 1.63. The molecule has 0 unspecified atom stereocenters. The van der Waals surface area contributed by atoms with Crippen molar-refractivity contribution in [2.75, 3.05) is 24.6 Å². The lowest BCUT2D eigenvalue weighted by molar-refractivity contribution is -0.148. The van der Waals surface area contributed by atoms with Gasteiger partial charge in [0, 0.05) is 17.8 Å². The molecule has 3 heterocycles. The zero-order valence-electron chi connectivity index (χ0n) is 16.1. The molecule has 0 aliphatic carbocycles. The van der Waals surface area contributed by atoms with Crippen LogP contribution in [0.5, 0.6) is 0 Å². The molecule has 3 aromatic rings. The second kappa shape index (κ2) is 8.21. The number of ether oxygens (including phenoxy) is 1. The van der Waals surface area contributed by atoms with Crippen LogP contribution in [0.2, 0.25) is 0 Å². The van der Waals surface area contributed by atoms with Crippen LogP contribution in [0.15, 0.2) is 42.5 Å². The molecule has 0 radical (unpaired) electrons. The third-order valence-electron chi connectivity index (χ3n) is 5.12. The highest BCUT2D eigenvalue weighted by Crippen LogP contribution is 2.35. The molecule has 150 valence electrons. The van der Waals surface area contributed by atoms with Gasteiger partial charge in [-0.3, -0.25) is 4.79 Å². The number of anilines is 1. The van der Waals surface area contributed by atoms with Crippen molar-refractivity contribution in [1.29, 1.82) is 0 Å². The summed E-state index contributed by atoms with van der Waals surface area (Å²) in [6.07, 6.45) is 1.53. The van der Waals surface area contributed by atoms with Crippen LogP contribution in [0.4, 0.5) is 5.82 Å². The molecular formula is C22H22N2O4S. The second-order valence-electron chi connectivity index (χ2n) is 7.06. The molecule has 1 atom stereocenters. The largest absolute Gasteiger partial charge is 0.478 e. The number of aromatic nitrogens is 1. The normalized spacial score (nSPS) is 16.7. The van der Waals surface area contributed by atoms with Crippen LogP contribution in [0.3, 0.4) is 0 Å². The Labute approximate surface area is 172 Å². The molecule has 0 bridgehead atoms. The molecule has 1 N–H and O–H groups in total. The van der Waals surface area contributed by atoms with Crippen molar-refractivity contribution in [1.82, 2.24) is 4.98 Å². The summed E-state index contributed by atoms with van der Waals surface area (Å²) in [5, 5.41) is 10.8. The van der Waals surface area contributed by atoms with Gasteiger partial charge in [0.05, 0.1) is 23.1 Å². The molecule has 6 nitrogen and oxygen atoms in total. The quantitative estimate of drug-likeness (QED) is 0.627. The van der Waals surface area contributed by atoms with Crippen molar-refractivity contribution in [3.8, 4) is 10.6 Å². The van der Waals surface area contributed by atoms with E-state index in [1.807, 2.05) is 17.0 Å². The summed E-state index contributed by atoms with van der Waals surface area (Å²) in [4.78, 5) is 31.6. The van der Waals surface area contributed by atoms with Gasteiger partial charge in [-0.2, -0.15) is 0 Å². The van der Waals surface area contributed by atoms with Crippen LogP contribution >= 0.6 is 11.3 Å². The fraction of sp³-hybridized carbons (Fsp3) is 0.318. The van der Waals surface area contributed by atoms with E-state index in [1.165, 1.54) is 0 Å². The highest BCUT2D eigenvalue weighted by Gasteiger charge is 2.30. The minimum atomic E-state index is -1.02. The number of fused-ring (bicyclic) bond motifs is 1. The third-order valence-corrected chi connectivity index (χ3v) is 6.26. The summed E-state index contributed by atoms with van der Waals surface area (Å²) in [7, 11) is 0. The average molecular weight is 410 g/mol. The number of carboxylic acid groups (broad SMARTS) is 1. The van der Waals surface area contributed by atoms with E-state index in [0.29, 0.717) is 25.5 Å². The SMILES string of the molecule is CCOC(=O)[C@@H]1CCCN(c2nc(-c3cc4ccccc4s3)ccc2C(=O)O)C1. The molecule has 1 aliphatic rings. The number of pyridine rings is 1. The highest BCUT2D eigenvalue weighted by atomic mass is 32.1. The maximum Gasteiger partial charge on any atom is 0.339 e. The molecule has 1 aromatic carbocycles. The molecular weight excluding hydrogens is 388 g/mol. The number of aromatic carboxylic acids is 1. The van der Waals surface area contributed by atoms with E-state index in [4.69, 9.17) is 9.72 Å². The summed E-state index contributed by atoms with van der Waals surface area (Å²) in [5.41, 5.74) is 0.892. The first-order chi connectivity index (χ1) is 14.1. The number of hydrogen-bond acceptors (Lipinski definition) is 6. The topological polar surface area (TPSA) is 79.7 Å². The van der Waals surface area contributed by atoms with E-state index in [9.17, 15) is 14.7 Å². The van der Waals surface area contributed by atoms with E-state index in [2.05, 4.69) is 18.2 Å². The Balaban J connectivity index is 1.70. The number of carboxylic acids is 1. The Morgan fingerprint density at radius 1 is 1.28 bits per heavy atom. The Morgan fingerprint density at radius 3 is 2.86 bits per heavy atom. The minimum absolute atomic E-state index is 0.152. The molecule has 29 heavy (non-hydrogen) atoms. The van der Waals surface area contributed by atoms with Crippen molar-refractivity contribution in [3.63, 3.8) is 0 Å². The van der Waals surface area contributed by atoms with Gasteiger partial charge >= 0.3 is 11.9 Å². The van der Waals surface area contributed by atoms with Crippen molar-refractivity contribution in [2.45, 2.75) is 19.8 Å². The Bertz CT molecular complexity index is 1030. The molecule has 1 aliphatic heterocycles. The number of carbonyl (C=O) groups is 2. The van der Waals surface area contributed by atoms with Crippen molar-refractivity contribution in [2.24, 2.45) is 5.92 Å². The van der Waals surface area contributed by atoms with Crippen LogP contribution in [0.1, 0.15) is 30.1 Å². The zero-order valence-corrected chi connectivity index (χ0v) is 16.9. The lowest BCUT2D eigenvalue weighted by Crippen LogP contribution is -2.40. The number of esters is 1. The predicted octanol–water partition coefficient (Wildman–Crippen LogP) is 4.44. The first-order valence-corrected chi connectivity index (χ1v) is 10.5. The monoisotopic (exact) mass is 410 g/mol. The van der Waals surface area contributed by atoms with Gasteiger partial charge in [0.25, 0.3) is 0 Å². The molecule has 0 spiro atoms. The number of carbonyl (C=O) groups excluding carboxylic acids is 1. The Hall–Kier alpha value is -2.93. The second-order valence-corrected chi connectivity index (χ2v) is 8.14. The molecule has 2 aromatic heterocycles. The molecule has 1 saturated heterocycles. The van der Waals surface area contributed by atoms with E-state index < -0.39 is 5.97 Å². The first kappa shape index (κ1) is 19.4. The third kappa shape index (κ3) is 3.96.